The summed E-state index contributed by atoms with van der Waals surface area (Å²) in [5.41, 5.74) is 1.47. The molecule has 1 aromatic rings. The van der Waals surface area contributed by atoms with Gasteiger partial charge in [-0.15, -0.1) is 0 Å². The van der Waals surface area contributed by atoms with Crippen LogP contribution in [0.4, 0.5) is 0 Å². The van der Waals surface area contributed by atoms with E-state index in [1.54, 1.807) is 0 Å². The van der Waals surface area contributed by atoms with Crippen molar-refractivity contribution in [2.24, 2.45) is 0 Å². The molecule has 106 valence electrons. The molecule has 0 amide bonds. The molecule has 1 nitrogen and oxygen atoms in total. The summed E-state index contributed by atoms with van der Waals surface area (Å²) in [6.45, 7) is 3.49. The molecule has 0 radical (unpaired) electrons. The molecule has 0 aromatic heterocycles. The number of thioether (sulfide) groups is 1. The fourth-order valence-electron chi connectivity index (χ4n) is 3.00. The van der Waals surface area contributed by atoms with Crippen LogP contribution in [0.15, 0.2) is 30.3 Å². The molecule has 2 rings (SSSR count). The lowest BCUT2D eigenvalue weighted by atomic mass is 9.94. The fourth-order valence-corrected chi connectivity index (χ4v) is 3.82. The fraction of sp³-hybridized carbons (Fsp3) is 0.647. The van der Waals surface area contributed by atoms with Crippen molar-refractivity contribution in [2.45, 2.75) is 56.2 Å². The molecule has 1 aliphatic carbocycles. The predicted molar refractivity (Wildman–Crippen MR) is 87.0 cm³/mol. The third kappa shape index (κ3) is 4.85. The van der Waals surface area contributed by atoms with Crippen LogP contribution in [0.1, 0.15) is 50.5 Å². The van der Waals surface area contributed by atoms with E-state index in [0.29, 0.717) is 5.92 Å². The number of nitrogens with one attached hydrogen (secondary N) is 1. The monoisotopic (exact) mass is 277 g/mol. The first-order valence-corrected chi connectivity index (χ1v) is 8.89. The highest BCUT2D eigenvalue weighted by atomic mass is 32.2. The van der Waals surface area contributed by atoms with Crippen LogP contribution >= 0.6 is 11.8 Å². The van der Waals surface area contributed by atoms with Crippen molar-refractivity contribution in [1.82, 2.24) is 5.32 Å². The second kappa shape index (κ2) is 7.96. The summed E-state index contributed by atoms with van der Waals surface area (Å²) in [5.74, 6) is 0.661. The zero-order valence-electron chi connectivity index (χ0n) is 12.3. The Hall–Kier alpha value is -0.470. The Labute approximate surface area is 122 Å². The van der Waals surface area contributed by atoms with Crippen molar-refractivity contribution >= 4 is 11.8 Å². The van der Waals surface area contributed by atoms with Gasteiger partial charge in [0.05, 0.1) is 0 Å². The molecule has 3 unspecified atom stereocenters. The molecule has 3 atom stereocenters. The summed E-state index contributed by atoms with van der Waals surface area (Å²) in [5, 5.41) is 4.66. The van der Waals surface area contributed by atoms with Gasteiger partial charge in [0.1, 0.15) is 0 Å². The zero-order chi connectivity index (χ0) is 13.5. The zero-order valence-corrected chi connectivity index (χ0v) is 13.1. The predicted octanol–water partition coefficient (Wildman–Crippen LogP) is 4.44. The van der Waals surface area contributed by atoms with E-state index in [1.807, 2.05) is 11.8 Å². The molecule has 1 N–H and O–H groups in total. The Bertz CT molecular complexity index is 352. The van der Waals surface area contributed by atoms with E-state index >= 15 is 0 Å². The molecule has 0 bridgehead atoms. The Kier molecular flexibility index (Phi) is 6.25. The van der Waals surface area contributed by atoms with Gasteiger partial charge in [-0.25, -0.2) is 0 Å². The molecule has 0 saturated heterocycles. The number of hydrogen-bond acceptors (Lipinski definition) is 2. The first-order chi connectivity index (χ1) is 9.29. The van der Waals surface area contributed by atoms with Crippen molar-refractivity contribution in [3.63, 3.8) is 0 Å². The van der Waals surface area contributed by atoms with E-state index < -0.39 is 0 Å². The highest BCUT2D eigenvalue weighted by Crippen LogP contribution is 2.27. The third-order valence-corrected chi connectivity index (χ3v) is 5.43. The Balaban J connectivity index is 1.69. The van der Waals surface area contributed by atoms with Gasteiger partial charge in [-0.1, -0.05) is 43.7 Å². The summed E-state index contributed by atoms with van der Waals surface area (Å²) >= 11 is 2.05. The molecule has 19 heavy (non-hydrogen) atoms. The first-order valence-electron chi connectivity index (χ1n) is 7.60. The van der Waals surface area contributed by atoms with Crippen LogP contribution in [-0.2, 0) is 0 Å². The largest absolute Gasteiger partial charge is 0.314 e. The third-order valence-electron chi connectivity index (χ3n) is 4.34. The summed E-state index contributed by atoms with van der Waals surface area (Å²) < 4.78 is 0. The van der Waals surface area contributed by atoms with E-state index in [4.69, 9.17) is 0 Å². The number of rotatable bonds is 6. The van der Waals surface area contributed by atoms with E-state index in [-0.39, 0.29) is 0 Å². The van der Waals surface area contributed by atoms with Crippen molar-refractivity contribution in [2.75, 3.05) is 12.8 Å². The minimum atomic E-state index is 0.661. The summed E-state index contributed by atoms with van der Waals surface area (Å²) in [6, 6.07) is 11.6. The second-order valence-electron chi connectivity index (χ2n) is 5.78. The average Bonchev–Trinajstić information content (AvgIpc) is 2.48. The quantitative estimate of drug-likeness (QED) is 0.825. The van der Waals surface area contributed by atoms with Crippen molar-refractivity contribution in [3.05, 3.63) is 35.9 Å². The Morgan fingerprint density at radius 2 is 2.05 bits per heavy atom. The smallest absolute Gasteiger partial charge is 0.00776 e. The summed E-state index contributed by atoms with van der Waals surface area (Å²) in [6.07, 6.45) is 9.05. The van der Waals surface area contributed by atoms with Crippen LogP contribution in [0.2, 0.25) is 0 Å². The molecule has 1 aliphatic rings. The summed E-state index contributed by atoms with van der Waals surface area (Å²) in [4.78, 5) is 0. The van der Waals surface area contributed by atoms with Crippen molar-refractivity contribution in [1.29, 1.82) is 0 Å². The van der Waals surface area contributed by atoms with Crippen LogP contribution in [0.3, 0.4) is 0 Å². The van der Waals surface area contributed by atoms with Crippen molar-refractivity contribution < 1.29 is 0 Å². The van der Waals surface area contributed by atoms with Gasteiger partial charge in [-0.2, -0.15) is 11.8 Å². The molecule has 1 aromatic carbocycles. The van der Waals surface area contributed by atoms with Crippen LogP contribution in [0.25, 0.3) is 0 Å². The van der Waals surface area contributed by atoms with E-state index in [1.165, 1.54) is 37.7 Å². The molecule has 1 fully saturated rings. The van der Waals surface area contributed by atoms with Gasteiger partial charge >= 0.3 is 0 Å². The standard InChI is InChI=1S/C17H27NS/c1-14(15-7-4-3-5-8-15)11-12-18-16-9-6-10-17(13-16)19-2/h3-5,7-8,14,16-18H,6,9-13H2,1-2H3. The van der Waals surface area contributed by atoms with E-state index in [2.05, 4.69) is 48.8 Å². The highest BCUT2D eigenvalue weighted by molar-refractivity contribution is 7.99. The molecule has 2 heteroatoms. The molecule has 0 spiro atoms. The van der Waals surface area contributed by atoms with Crippen LogP contribution < -0.4 is 5.32 Å². The number of benzene rings is 1. The van der Waals surface area contributed by atoms with Crippen LogP contribution in [0.5, 0.6) is 0 Å². The van der Waals surface area contributed by atoms with Gasteiger partial charge in [0.2, 0.25) is 0 Å². The maximum Gasteiger partial charge on any atom is 0.00776 e. The van der Waals surface area contributed by atoms with Gasteiger partial charge in [-0.3, -0.25) is 0 Å². The molecule has 0 aliphatic heterocycles. The van der Waals surface area contributed by atoms with Gasteiger partial charge in [0.15, 0.2) is 0 Å². The average molecular weight is 277 g/mol. The maximum absolute atomic E-state index is 3.77. The lowest BCUT2D eigenvalue weighted by Crippen LogP contribution is -2.35. The SMILES string of the molecule is CSC1CCCC(NCCC(C)c2ccccc2)C1. The van der Waals surface area contributed by atoms with E-state index in [9.17, 15) is 0 Å². The van der Waals surface area contributed by atoms with Gasteiger partial charge in [0.25, 0.3) is 0 Å². The normalized spacial score (nSPS) is 25.2. The molecular weight excluding hydrogens is 250 g/mol. The van der Waals surface area contributed by atoms with Crippen molar-refractivity contribution in [3.8, 4) is 0 Å². The highest BCUT2D eigenvalue weighted by Gasteiger charge is 2.20. The molecule has 1 saturated carbocycles. The van der Waals surface area contributed by atoms with Gasteiger partial charge in [0, 0.05) is 11.3 Å². The first kappa shape index (κ1) is 14.9. The summed E-state index contributed by atoms with van der Waals surface area (Å²) in [7, 11) is 0. The Morgan fingerprint density at radius 3 is 2.79 bits per heavy atom. The van der Waals surface area contributed by atoms with Gasteiger partial charge in [-0.05, 0) is 50.0 Å². The lowest BCUT2D eigenvalue weighted by Gasteiger charge is -2.29. The van der Waals surface area contributed by atoms with E-state index in [0.717, 1.165) is 17.8 Å². The van der Waals surface area contributed by atoms with Crippen LogP contribution in [-0.4, -0.2) is 24.1 Å². The molecule has 0 heterocycles. The molecular formula is C17H27NS. The van der Waals surface area contributed by atoms with Crippen LogP contribution in [0, 0.1) is 0 Å². The maximum atomic E-state index is 3.77. The topological polar surface area (TPSA) is 12.0 Å². The second-order valence-corrected chi connectivity index (χ2v) is 6.91. The number of hydrogen-bond donors (Lipinski definition) is 1. The lowest BCUT2D eigenvalue weighted by molar-refractivity contribution is 0.376. The Morgan fingerprint density at radius 1 is 1.26 bits per heavy atom. The minimum absolute atomic E-state index is 0.661. The minimum Gasteiger partial charge on any atom is -0.314 e. The van der Waals surface area contributed by atoms with Gasteiger partial charge < -0.3 is 5.32 Å².